The number of carbonyl (C=O) groups is 1. The van der Waals surface area contributed by atoms with Crippen LogP contribution in [0.4, 0.5) is 27.8 Å². The van der Waals surface area contributed by atoms with Crippen LogP contribution in [0.2, 0.25) is 0 Å². The molecule has 19 heteroatoms. The fourth-order valence-electron chi connectivity index (χ4n) is 13.5. The highest BCUT2D eigenvalue weighted by Crippen LogP contribution is 2.49. The number of amides is 1. The van der Waals surface area contributed by atoms with E-state index in [2.05, 4.69) is 79.7 Å². The van der Waals surface area contributed by atoms with Gasteiger partial charge in [0.25, 0.3) is 0 Å². The smallest absolute Gasteiger partial charge is 0.408 e. The third kappa shape index (κ3) is 13.0. The minimum atomic E-state index is -3.58. The van der Waals surface area contributed by atoms with E-state index in [4.69, 9.17) is 30.4 Å². The Morgan fingerprint density at radius 3 is 1.35 bits per heavy atom. The molecular formula is C80H75ClN10O6S2. The first-order valence-corrected chi connectivity index (χ1v) is 35.9. The Morgan fingerprint density at radius 1 is 0.515 bits per heavy atom. The normalized spacial score (nSPS) is 14.3. The molecule has 2 fully saturated rings. The van der Waals surface area contributed by atoms with E-state index in [1.807, 2.05) is 142 Å². The molecule has 0 unspecified atom stereocenters. The summed E-state index contributed by atoms with van der Waals surface area (Å²) in [5.74, 6) is 2.66. The van der Waals surface area contributed by atoms with Gasteiger partial charge in [0.15, 0.2) is 31.3 Å². The number of hydrogen-bond acceptors (Lipinski definition) is 13. The number of anilines is 4. The fraction of sp³-hybridized carbons (Fsp3) is 0.188. The Kier molecular flexibility index (Phi) is 18.1. The second-order valence-corrected chi connectivity index (χ2v) is 30.3. The zero-order valence-electron chi connectivity index (χ0n) is 54.2. The lowest BCUT2D eigenvalue weighted by Crippen LogP contribution is -2.52. The molecule has 2 saturated carbocycles. The zero-order valence-corrected chi connectivity index (χ0v) is 56.6. The Balaban J connectivity index is 0.000000176. The van der Waals surface area contributed by atoms with Crippen LogP contribution in [0.5, 0.6) is 0 Å². The van der Waals surface area contributed by atoms with Crippen molar-refractivity contribution in [3.8, 4) is 79.2 Å². The summed E-state index contributed by atoms with van der Waals surface area (Å²) in [6.07, 6.45) is 8.87. The average molecular weight is 1370 g/mol. The topological polar surface area (TPSA) is 218 Å². The fourth-order valence-corrected chi connectivity index (χ4v) is 16.2. The first kappa shape index (κ1) is 67.1. The van der Waals surface area contributed by atoms with Crippen molar-refractivity contribution >= 4 is 61.2 Å². The van der Waals surface area contributed by atoms with Crippen LogP contribution in [0.1, 0.15) is 89.0 Å². The van der Waals surface area contributed by atoms with Gasteiger partial charge >= 0.3 is 6.09 Å². The molecular weight excluding hydrogens is 1300 g/mol. The number of sulfone groups is 2. The summed E-state index contributed by atoms with van der Waals surface area (Å²) >= 11 is 0. The van der Waals surface area contributed by atoms with Crippen molar-refractivity contribution in [2.75, 3.05) is 10.6 Å². The predicted molar refractivity (Wildman–Crippen MR) is 395 cm³/mol. The van der Waals surface area contributed by atoms with Crippen molar-refractivity contribution in [1.82, 2.24) is 34.4 Å². The van der Waals surface area contributed by atoms with Crippen LogP contribution in [0.15, 0.2) is 253 Å². The summed E-state index contributed by atoms with van der Waals surface area (Å²) in [5.41, 5.74) is 20.9. The van der Waals surface area contributed by atoms with Crippen LogP contribution in [0.3, 0.4) is 0 Å². The Labute approximate surface area is 583 Å². The van der Waals surface area contributed by atoms with Crippen molar-refractivity contribution in [2.45, 2.75) is 105 Å². The number of fused-ring (bicyclic) bond motifs is 10. The van der Waals surface area contributed by atoms with E-state index in [0.29, 0.717) is 27.5 Å². The van der Waals surface area contributed by atoms with Crippen LogP contribution < -0.4 is 21.7 Å². The molecule has 6 heterocycles. The summed E-state index contributed by atoms with van der Waals surface area (Å²) in [5, 5.41) is 10.2. The van der Waals surface area contributed by atoms with Gasteiger partial charge in [-0.25, -0.2) is 41.6 Å². The predicted octanol–water partition coefficient (Wildman–Crippen LogP) is 17.9. The number of alkyl carbamates (subject to hydrolysis) is 1. The lowest BCUT2D eigenvalue weighted by molar-refractivity contribution is 0.0377. The molecule has 4 aliphatic rings. The Bertz CT molecular complexity index is 5240. The van der Waals surface area contributed by atoms with Gasteiger partial charge in [0.2, 0.25) is 0 Å². The van der Waals surface area contributed by atoms with Crippen molar-refractivity contribution in [1.29, 1.82) is 0 Å². The maximum absolute atomic E-state index is 13.4. The van der Waals surface area contributed by atoms with Gasteiger partial charge < -0.3 is 26.4 Å². The van der Waals surface area contributed by atoms with Crippen molar-refractivity contribution in [3.05, 3.63) is 265 Å². The molecule has 2 aliphatic carbocycles. The van der Waals surface area contributed by atoms with E-state index >= 15 is 0 Å². The molecule has 0 spiro atoms. The average Bonchev–Trinajstić information content (AvgIpc) is 1.61. The summed E-state index contributed by atoms with van der Waals surface area (Å²) in [6, 6.07) is 73.2. The Hall–Kier alpha value is -10.5. The molecule has 2 aliphatic heterocycles. The quantitative estimate of drug-likeness (QED) is 0.0845. The third-order valence-electron chi connectivity index (χ3n) is 18.6. The molecule has 0 saturated heterocycles. The first-order valence-electron chi connectivity index (χ1n) is 32.5. The van der Waals surface area contributed by atoms with E-state index in [9.17, 15) is 21.6 Å². The van der Waals surface area contributed by atoms with Crippen LogP contribution in [0, 0.1) is 0 Å². The maximum atomic E-state index is 13.4. The highest BCUT2D eigenvalue weighted by atomic mass is 35.5. The minimum absolute atomic E-state index is 0. The van der Waals surface area contributed by atoms with Crippen LogP contribution in [-0.4, -0.2) is 57.6 Å². The number of para-hydroxylation sites is 2. The number of hydrogen-bond donors (Lipinski definition) is 4. The van der Waals surface area contributed by atoms with Gasteiger partial charge in [-0.1, -0.05) is 153 Å². The van der Waals surface area contributed by atoms with Gasteiger partial charge in [-0.3, -0.25) is 9.13 Å². The third-order valence-corrected chi connectivity index (χ3v) is 22.0. The number of halogens is 1. The highest BCUT2D eigenvalue weighted by Gasteiger charge is 2.42. The number of ether oxygens (including phenoxy) is 1. The van der Waals surface area contributed by atoms with Gasteiger partial charge in [0, 0.05) is 51.3 Å². The summed E-state index contributed by atoms with van der Waals surface area (Å²) in [4.78, 5) is 33.6. The molecule has 500 valence electrons. The van der Waals surface area contributed by atoms with Gasteiger partial charge in [-0.2, -0.15) is 0 Å². The molecule has 4 aromatic heterocycles. The number of aromatic nitrogens is 6. The van der Waals surface area contributed by atoms with Crippen molar-refractivity contribution in [2.24, 2.45) is 5.73 Å². The monoisotopic (exact) mass is 1370 g/mol. The lowest BCUT2D eigenvalue weighted by Gasteiger charge is -2.43. The number of nitrogens with zero attached hydrogens (tertiary/aromatic N) is 6. The largest absolute Gasteiger partial charge is 0.444 e. The number of imidazole rings is 2. The zero-order chi connectivity index (χ0) is 66.7. The van der Waals surface area contributed by atoms with Gasteiger partial charge in [-0.05, 0) is 166 Å². The Morgan fingerprint density at radius 2 is 0.939 bits per heavy atom. The maximum Gasteiger partial charge on any atom is 0.408 e. The second kappa shape index (κ2) is 26.7. The molecule has 8 aromatic carbocycles. The molecule has 12 aromatic rings. The van der Waals surface area contributed by atoms with Crippen molar-refractivity contribution in [3.63, 3.8) is 0 Å². The highest BCUT2D eigenvalue weighted by molar-refractivity contribution is 7.91. The van der Waals surface area contributed by atoms with E-state index in [-0.39, 0.29) is 41.8 Å². The minimum Gasteiger partial charge on any atom is -0.444 e. The molecule has 99 heavy (non-hydrogen) atoms. The molecule has 0 radical (unpaired) electrons. The number of benzene rings is 8. The van der Waals surface area contributed by atoms with Gasteiger partial charge in [0.1, 0.15) is 17.2 Å². The van der Waals surface area contributed by atoms with E-state index < -0.39 is 36.9 Å². The van der Waals surface area contributed by atoms with Gasteiger partial charge in [0.05, 0.1) is 72.4 Å². The molecule has 1 amide bonds. The molecule has 5 N–H and O–H groups in total. The standard InChI is InChI=1S/C42H39N5O4S.C37H31N5O2S.CH4.ClH/c1-41(2,3)51-40(48)46-42(23-11-24-42)31-21-19-29(20-22-31)37-36(30-13-9-12-28(26-30)27-52(49,50)32-14-5-4-6-15-32)45-39-33-16-7-8-17-34(33)44-38-35(47(37)39)18-10-25-43-38;38-37(20-8-21-37)28-18-16-26(17-19-28)34-33(27-10-6-9-25(23-27)24-45(43,44)29-11-2-1-3-12-29)41-36-30-13-4-5-14-31(30)40-35-32(42(34)36)15-7-22-39-35;;/h4-10,12-22,25-26H,11,23-24,27H2,1-3H3,(H,43,44)(H,46,48);1-7,9-19,22-23H,8,20-21,24,38H2,(H,39,40);1H4;1H. The van der Waals surface area contributed by atoms with Crippen LogP contribution in [-0.2, 0) is 47.0 Å². The number of carbonyl (C=O) groups excluding carboxylic acids is 1. The number of nitrogens with one attached hydrogen (secondary N) is 3. The molecule has 16 rings (SSSR count). The van der Waals surface area contributed by atoms with Crippen LogP contribution in [0.25, 0.3) is 79.2 Å². The van der Waals surface area contributed by atoms with E-state index in [0.717, 1.165) is 140 Å². The van der Waals surface area contributed by atoms with Crippen molar-refractivity contribution < 1.29 is 26.4 Å². The van der Waals surface area contributed by atoms with E-state index in [1.165, 1.54) is 0 Å². The van der Waals surface area contributed by atoms with Crippen LogP contribution >= 0.6 is 12.4 Å². The number of rotatable bonds is 13. The number of nitrogens with two attached hydrogens (primary N) is 1. The molecule has 16 nitrogen and oxygen atoms in total. The summed E-state index contributed by atoms with van der Waals surface area (Å²) in [6.45, 7) is 5.58. The molecule has 0 atom stereocenters. The summed E-state index contributed by atoms with van der Waals surface area (Å²) in [7, 11) is -7.11. The summed E-state index contributed by atoms with van der Waals surface area (Å²) < 4.78 is 63.4. The SMILES string of the molecule is C.CC(C)(C)OC(=O)NC1(c2ccc(-c3c(-c4cccc(CS(=O)(=O)c5ccccc5)c4)nc4n3-c3cccnc3Nc3ccccc3-4)cc2)CCC1.Cl.NC1(c2ccc(-c3c(-c4cccc(CS(=O)(=O)c5ccccc5)c4)nc4n3-c3cccnc3Nc3ccccc3-4)cc2)CCC1. The first-order chi connectivity index (χ1) is 46.9. The second-order valence-electron chi connectivity index (χ2n) is 26.3. The van der Waals surface area contributed by atoms with E-state index in [1.54, 1.807) is 67.0 Å². The molecule has 0 bridgehead atoms. The lowest BCUT2D eigenvalue weighted by atomic mass is 9.71. The number of pyridine rings is 2. The van der Waals surface area contributed by atoms with Gasteiger partial charge in [-0.15, -0.1) is 12.4 Å².